The Morgan fingerprint density at radius 1 is 1.35 bits per heavy atom. The Kier molecular flexibility index (Phi) is 3.47. The second kappa shape index (κ2) is 5.04. The Hall–Kier alpha value is -1.77. The molecule has 3 nitrogen and oxygen atoms in total. The molecule has 0 spiro atoms. The monoisotopic (exact) mass is 230 g/mol. The van der Waals surface area contributed by atoms with E-state index in [0.717, 1.165) is 29.9 Å². The number of hydrogen-bond donors (Lipinski definition) is 2. The highest BCUT2D eigenvalue weighted by Crippen LogP contribution is 2.24. The van der Waals surface area contributed by atoms with Crippen LogP contribution in [0.1, 0.15) is 25.8 Å². The molecule has 3 heteroatoms. The predicted molar refractivity (Wildman–Crippen MR) is 70.5 cm³/mol. The van der Waals surface area contributed by atoms with Crippen LogP contribution in [0.25, 0.3) is 5.70 Å². The van der Waals surface area contributed by atoms with Crippen LogP contribution in [0, 0.1) is 5.92 Å². The molecular formula is C14H18N2O. The van der Waals surface area contributed by atoms with Crippen LogP contribution >= 0.6 is 0 Å². The van der Waals surface area contributed by atoms with Gasteiger partial charge < -0.3 is 10.6 Å². The minimum absolute atomic E-state index is 0.00595. The lowest BCUT2D eigenvalue weighted by molar-refractivity contribution is -0.118. The van der Waals surface area contributed by atoms with Gasteiger partial charge in [-0.1, -0.05) is 38.1 Å². The lowest BCUT2D eigenvalue weighted by atomic mass is 10.1. The summed E-state index contributed by atoms with van der Waals surface area (Å²) in [6.45, 7) is 4.76. The molecule has 17 heavy (non-hydrogen) atoms. The van der Waals surface area contributed by atoms with Gasteiger partial charge in [-0.15, -0.1) is 0 Å². The van der Waals surface area contributed by atoms with E-state index in [-0.39, 0.29) is 11.8 Å². The molecule has 0 fully saturated rings. The van der Waals surface area contributed by atoms with E-state index in [4.69, 9.17) is 0 Å². The maximum Gasteiger partial charge on any atom is 0.226 e. The molecule has 90 valence electrons. The maximum atomic E-state index is 11.7. The van der Waals surface area contributed by atoms with Crippen molar-refractivity contribution < 1.29 is 4.79 Å². The van der Waals surface area contributed by atoms with Gasteiger partial charge in [0.2, 0.25) is 5.91 Å². The highest BCUT2D eigenvalue weighted by atomic mass is 16.1. The summed E-state index contributed by atoms with van der Waals surface area (Å²) in [5.74, 6) is 0.0459. The summed E-state index contributed by atoms with van der Waals surface area (Å²) in [5.41, 5.74) is 3.07. The third kappa shape index (κ3) is 2.67. The van der Waals surface area contributed by atoms with E-state index < -0.39 is 0 Å². The maximum absolute atomic E-state index is 11.7. The Bertz CT molecular complexity index is 449. The Balaban J connectivity index is 2.24. The van der Waals surface area contributed by atoms with Gasteiger partial charge in [-0.3, -0.25) is 4.79 Å². The Labute approximate surface area is 102 Å². The SMILES string of the molecule is CC(C)C(=O)Nc1ccccc1C1=CCCN1. The van der Waals surface area contributed by atoms with Gasteiger partial charge in [0.25, 0.3) is 0 Å². The third-order valence-electron chi connectivity index (χ3n) is 2.81. The van der Waals surface area contributed by atoms with Gasteiger partial charge in [0.1, 0.15) is 0 Å². The molecule has 1 heterocycles. The molecule has 2 N–H and O–H groups in total. The summed E-state index contributed by atoms with van der Waals surface area (Å²) in [4.78, 5) is 11.7. The van der Waals surface area contributed by atoms with E-state index in [1.54, 1.807) is 0 Å². The van der Waals surface area contributed by atoms with Crippen molar-refractivity contribution in [3.63, 3.8) is 0 Å². The van der Waals surface area contributed by atoms with Gasteiger partial charge in [0.15, 0.2) is 0 Å². The van der Waals surface area contributed by atoms with E-state index in [0.29, 0.717) is 0 Å². The van der Waals surface area contributed by atoms with Gasteiger partial charge >= 0.3 is 0 Å². The summed E-state index contributed by atoms with van der Waals surface area (Å²) in [6.07, 6.45) is 3.21. The smallest absolute Gasteiger partial charge is 0.226 e. The fraction of sp³-hybridized carbons (Fsp3) is 0.357. The zero-order chi connectivity index (χ0) is 12.3. The van der Waals surface area contributed by atoms with E-state index in [2.05, 4.69) is 16.7 Å². The summed E-state index contributed by atoms with van der Waals surface area (Å²) in [7, 11) is 0. The first kappa shape index (κ1) is 11.7. The first-order valence-electron chi connectivity index (χ1n) is 6.03. The van der Waals surface area contributed by atoms with Crippen LogP contribution in [0.15, 0.2) is 30.3 Å². The van der Waals surface area contributed by atoms with E-state index in [9.17, 15) is 4.79 Å². The van der Waals surface area contributed by atoms with Gasteiger partial charge in [0.05, 0.1) is 5.69 Å². The molecule has 0 saturated heterocycles. The van der Waals surface area contributed by atoms with Crippen LogP contribution in [0.2, 0.25) is 0 Å². The number of carbonyl (C=O) groups excluding carboxylic acids is 1. The van der Waals surface area contributed by atoms with Crippen molar-refractivity contribution in [3.8, 4) is 0 Å². The average molecular weight is 230 g/mol. The first-order chi connectivity index (χ1) is 8.18. The second-order valence-corrected chi connectivity index (χ2v) is 4.52. The van der Waals surface area contributed by atoms with Crippen molar-refractivity contribution in [3.05, 3.63) is 35.9 Å². The third-order valence-corrected chi connectivity index (χ3v) is 2.81. The highest BCUT2D eigenvalue weighted by molar-refractivity contribution is 5.95. The van der Waals surface area contributed by atoms with Crippen LogP contribution < -0.4 is 10.6 Å². The second-order valence-electron chi connectivity index (χ2n) is 4.52. The minimum Gasteiger partial charge on any atom is -0.384 e. The molecule has 1 aliphatic rings. The van der Waals surface area contributed by atoms with E-state index in [1.165, 1.54) is 0 Å². The van der Waals surface area contributed by atoms with Crippen molar-refractivity contribution in [2.24, 2.45) is 5.92 Å². The molecular weight excluding hydrogens is 212 g/mol. The van der Waals surface area contributed by atoms with Crippen molar-refractivity contribution in [2.75, 3.05) is 11.9 Å². The summed E-state index contributed by atoms with van der Waals surface area (Å²) in [5, 5.41) is 6.29. The zero-order valence-corrected chi connectivity index (χ0v) is 10.3. The van der Waals surface area contributed by atoms with Gasteiger partial charge in [0, 0.05) is 23.7 Å². The van der Waals surface area contributed by atoms with Crippen LogP contribution in [-0.2, 0) is 4.79 Å². The van der Waals surface area contributed by atoms with Crippen molar-refractivity contribution >= 4 is 17.3 Å². The molecule has 0 atom stereocenters. The van der Waals surface area contributed by atoms with E-state index in [1.807, 2.05) is 38.1 Å². The number of hydrogen-bond acceptors (Lipinski definition) is 2. The Morgan fingerprint density at radius 2 is 2.12 bits per heavy atom. The fourth-order valence-electron chi connectivity index (χ4n) is 1.80. The van der Waals surface area contributed by atoms with Gasteiger partial charge in [-0.25, -0.2) is 0 Å². The predicted octanol–water partition coefficient (Wildman–Crippen LogP) is 2.62. The number of rotatable bonds is 3. The number of nitrogens with one attached hydrogen (secondary N) is 2. The van der Waals surface area contributed by atoms with Crippen LogP contribution in [0.3, 0.4) is 0 Å². The molecule has 0 aromatic heterocycles. The van der Waals surface area contributed by atoms with Crippen molar-refractivity contribution in [1.82, 2.24) is 5.32 Å². The lowest BCUT2D eigenvalue weighted by Crippen LogP contribution is -2.19. The van der Waals surface area contributed by atoms with Crippen molar-refractivity contribution in [2.45, 2.75) is 20.3 Å². The molecule has 0 bridgehead atoms. The van der Waals surface area contributed by atoms with Crippen LogP contribution in [0.5, 0.6) is 0 Å². The molecule has 1 aromatic rings. The zero-order valence-electron chi connectivity index (χ0n) is 10.3. The molecule has 0 unspecified atom stereocenters. The minimum atomic E-state index is -0.00595. The summed E-state index contributed by atoms with van der Waals surface area (Å²) >= 11 is 0. The van der Waals surface area contributed by atoms with Gasteiger partial charge in [-0.2, -0.15) is 0 Å². The molecule has 1 aromatic carbocycles. The van der Waals surface area contributed by atoms with Crippen LogP contribution in [0.4, 0.5) is 5.69 Å². The molecule has 1 amide bonds. The summed E-state index contributed by atoms with van der Waals surface area (Å²) in [6, 6.07) is 7.90. The van der Waals surface area contributed by atoms with Gasteiger partial charge in [-0.05, 0) is 12.5 Å². The standard InChI is InChI=1S/C14H18N2O/c1-10(2)14(17)16-13-7-4-3-6-11(13)12-8-5-9-15-12/h3-4,6-8,10,15H,5,9H2,1-2H3,(H,16,17). The molecule has 1 aliphatic heterocycles. The lowest BCUT2D eigenvalue weighted by Gasteiger charge is -2.13. The number of anilines is 1. The summed E-state index contributed by atoms with van der Waals surface area (Å²) < 4.78 is 0. The first-order valence-corrected chi connectivity index (χ1v) is 6.03. The Morgan fingerprint density at radius 3 is 2.76 bits per heavy atom. The average Bonchev–Trinajstić information content (AvgIpc) is 2.83. The van der Waals surface area contributed by atoms with E-state index >= 15 is 0 Å². The normalized spacial score (nSPS) is 14.4. The molecule has 2 rings (SSSR count). The van der Waals surface area contributed by atoms with Crippen LogP contribution in [-0.4, -0.2) is 12.5 Å². The number of amides is 1. The molecule has 0 saturated carbocycles. The quantitative estimate of drug-likeness (QED) is 0.838. The number of carbonyl (C=O) groups is 1. The fourth-order valence-corrected chi connectivity index (χ4v) is 1.80. The highest BCUT2D eigenvalue weighted by Gasteiger charge is 2.13. The number of para-hydroxylation sites is 1. The largest absolute Gasteiger partial charge is 0.384 e. The number of benzene rings is 1. The molecule has 0 aliphatic carbocycles. The molecule has 0 radical (unpaired) electrons. The topological polar surface area (TPSA) is 41.1 Å². The van der Waals surface area contributed by atoms with Crippen molar-refractivity contribution in [1.29, 1.82) is 0 Å².